The SMILES string of the molecule is CCOC(=O)c1c(-c2ccccc2)csc1NC(=O)CN1CC(=O)Oc2cc([N+](=O)[O-])ccc21. The third-order valence-electron chi connectivity index (χ3n) is 4.98. The van der Waals surface area contributed by atoms with E-state index in [1.165, 1.54) is 28.4 Å². The molecule has 2 heterocycles. The van der Waals surface area contributed by atoms with Gasteiger partial charge in [0.15, 0.2) is 5.75 Å². The summed E-state index contributed by atoms with van der Waals surface area (Å²) in [7, 11) is 0. The molecule has 0 aliphatic carbocycles. The van der Waals surface area contributed by atoms with Gasteiger partial charge in [-0.05, 0) is 18.6 Å². The van der Waals surface area contributed by atoms with E-state index in [4.69, 9.17) is 9.47 Å². The molecule has 1 N–H and O–H groups in total. The molecule has 0 spiro atoms. The molecule has 3 aromatic rings. The van der Waals surface area contributed by atoms with Crippen LogP contribution in [0.15, 0.2) is 53.9 Å². The van der Waals surface area contributed by atoms with Gasteiger partial charge >= 0.3 is 11.9 Å². The second kappa shape index (κ2) is 9.71. The van der Waals surface area contributed by atoms with Crippen LogP contribution in [-0.4, -0.2) is 42.5 Å². The Bertz CT molecular complexity index is 1270. The van der Waals surface area contributed by atoms with E-state index in [0.717, 1.165) is 11.6 Å². The topological polar surface area (TPSA) is 128 Å². The van der Waals surface area contributed by atoms with Crippen molar-refractivity contribution in [1.29, 1.82) is 0 Å². The van der Waals surface area contributed by atoms with Gasteiger partial charge in [-0.3, -0.25) is 14.9 Å². The first-order valence-corrected chi connectivity index (χ1v) is 11.1. The Morgan fingerprint density at radius 3 is 2.71 bits per heavy atom. The number of thiophene rings is 1. The molecular formula is C23H19N3O7S. The lowest BCUT2D eigenvalue weighted by atomic mass is 10.0. The van der Waals surface area contributed by atoms with Crippen molar-refractivity contribution in [2.75, 3.05) is 29.9 Å². The molecule has 10 nitrogen and oxygen atoms in total. The quantitative estimate of drug-likeness (QED) is 0.233. The van der Waals surface area contributed by atoms with Crippen molar-refractivity contribution >= 4 is 45.6 Å². The number of nitro benzene ring substituents is 1. The highest BCUT2D eigenvalue weighted by molar-refractivity contribution is 7.15. The van der Waals surface area contributed by atoms with Crippen molar-refractivity contribution in [2.45, 2.75) is 6.92 Å². The molecule has 0 atom stereocenters. The highest BCUT2D eigenvalue weighted by atomic mass is 32.1. The highest BCUT2D eigenvalue weighted by Crippen LogP contribution is 2.37. The van der Waals surface area contributed by atoms with Gasteiger partial charge in [-0.15, -0.1) is 11.3 Å². The lowest BCUT2D eigenvalue weighted by Crippen LogP contribution is -2.41. The molecule has 174 valence electrons. The van der Waals surface area contributed by atoms with E-state index in [1.54, 1.807) is 12.3 Å². The Kier molecular flexibility index (Phi) is 6.55. The normalized spacial score (nSPS) is 12.5. The summed E-state index contributed by atoms with van der Waals surface area (Å²) in [6.45, 7) is 1.43. The van der Waals surface area contributed by atoms with E-state index in [-0.39, 0.29) is 36.7 Å². The molecule has 1 aliphatic rings. The zero-order chi connectivity index (χ0) is 24.2. The molecule has 0 bridgehead atoms. The van der Waals surface area contributed by atoms with E-state index in [0.29, 0.717) is 16.3 Å². The summed E-state index contributed by atoms with van der Waals surface area (Å²) in [6.07, 6.45) is 0. The summed E-state index contributed by atoms with van der Waals surface area (Å²) < 4.78 is 10.3. The minimum Gasteiger partial charge on any atom is -0.462 e. The Hall–Kier alpha value is -4.25. The van der Waals surface area contributed by atoms with Gasteiger partial charge in [-0.25, -0.2) is 9.59 Å². The van der Waals surface area contributed by atoms with E-state index >= 15 is 0 Å². The van der Waals surface area contributed by atoms with Crippen LogP contribution in [0.25, 0.3) is 11.1 Å². The maximum atomic E-state index is 12.9. The third kappa shape index (κ3) is 4.74. The van der Waals surface area contributed by atoms with Crippen LogP contribution in [0.3, 0.4) is 0 Å². The number of fused-ring (bicyclic) bond motifs is 1. The molecule has 0 radical (unpaired) electrons. The molecular weight excluding hydrogens is 462 g/mol. The number of hydrogen-bond donors (Lipinski definition) is 1. The van der Waals surface area contributed by atoms with Crippen LogP contribution in [0.4, 0.5) is 16.4 Å². The Morgan fingerprint density at radius 1 is 1.24 bits per heavy atom. The summed E-state index contributed by atoms with van der Waals surface area (Å²) in [5, 5.41) is 15.9. The van der Waals surface area contributed by atoms with Crippen molar-refractivity contribution in [3.63, 3.8) is 0 Å². The Labute approximate surface area is 197 Å². The van der Waals surface area contributed by atoms with Crippen LogP contribution in [0.5, 0.6) is 5.75 Å². The molecule has 0 unspecified atom stereocenters. The minimum absolute atomic E-state index is 0.00736. The van der Waals surface area contributed by atoms with Crippen molar-refractivity contribution in [2.24, 2.45) is 0 Å². The zero-order valence-corrected chi connectivity index (χ0v) is 18.8. The summed E-state index contributed by atoms with van der Waals surface area (Å²) >= 11 is 1.19. The van der Waals surface area contributed by atoms with Gasteiger partial charge in [0.25, 0.3) is 5.69 Å². The second-order valence-electron chi connectivity index (χ2n) is 7.23. The first kappa shape index (κ1) is 22.9. The summed E-state index contributed by atoms with van der Waals surface area (Å²) in [6, 6.07) is 13.1. The van der Waals surface area contributed by atoms with Gasteiger partial charge in [0.2, 0.25) is 5.91 Å². The van der Waals surface area contributed by atoms with Gasteiger partial charge in [-0.2, -0.15) is 0 Å². The third-order valence-corrected chi connectivity index (χ3v) is 5.88. The smallest absolute Gasteiger partial charge is 0.341 e. The first-order valence-electron chi connectivity index (χ1n) is 10.2. The number of amides is 1. The molecule has 0 fully saturated rings. The fourth-order valence-corrected chi connectivity index (χ4v) is 4.50. The zero-order valence-electron chi connectivity index (χ0n) is 18.0. The minimum atomic E-state index is -0.643. The predicted octanol–water partition coefficient (Wildman–Crippen LogP) is 3.86. The summed E-state index contributed by atoms with van der Waals surface area (Å²) in [4.78, 5) is 49.5. The van der Waals surface area contributed by atoms with Crippen molar-refractivity contribution < 1.29 is 28.8 Å². The number of nitrogens with zero attached hydrogens (tertiary/aromatic N) is 2. The predicted molar refractivity (Wildman–Crippen MR) is 125 cm³/mol. The van der Waals surface area contributed by atoms with Gasteiger partial charge in [-0.1, -0.05) is 30.3 Å². The lowest BCUT2D eigenvalue weighted by Gasteiger charge is -2.28. The van der Waals surface area contributed by atoms with E-state index in [1.807, 2.05) is 30.3 Å². The average Bonchev–Trinajstić information content (AvgIpc) is 3.22. The Morgan fingerprint density at radius 2 is 2.00 bits per heavy atom. The molecule has 1 aliphatic heterocycles. The number of nitrogens with one attached hydrogen (secondary N) is 1. The number of nitro groups is 1. The van der Waals surface area contributed by atoms with Crippen molar-refractivity contribution in [1.82, 2.24) is 0 Å². The summed E-state index contributed by atoms with van der Waals surface area (Å²) in [5.74, 6) is -1.67. The monoisotopic (exact) mass is 481 g/mol. The van der Waals surface area contributed by atoms with Crippen LogP contribution >= 0.6 is 11.3 Å². The first-order chi connectivity index (χ1) is 16.4. The van der Waals surface area contributed by atoms with Crippen LogP contribution in [0.1, 0.15) is 17.3 Å². The molecule has 2 aromatic carbocycles. The number of non-ortho nitro benzene ring substituents is 1. The second-order valence-corrected chi connectivity index (χ2v) is 8.11. The molecule has 1 aromatic heterocycles. The number of carbonyl (C=O) groups is 3. The van der Waals surface area contributed by atoms with Crippen LogP contribution in [0.2, 0.25) is 0 Å². The molecule has 1 amide bonds. The van der Waals surface area contributed by atoms with E-state index in [2.05, 4.69) is 5.32 Å². The number of anilines is 2. The summed E-state index contributed by atoms with van der Waals surface area (Å²) in [5.41, 5.74) is 1.83. The van der Waals surface area contributed by atoms with Crippen LogP contribution in [0, 0.1) is 10.1 Å². The van der Waals surface area contributed by atoms with Gasteiger partial charge in [0.1, 0.15) is 17.1 Å². The van der Waals surface area contributed by atoms with Crippen molar-refractivity contribution in [3.8, 4) is 16.9 Å². The average molecular weight is 481 g/mol. The molecule has 11 heteroatoms. The lowest BCUT2D eigenvalue weighted by molar-refractivity contribution is -0.384. The van der Waals surface area contributed by atoms with E-state index < -0.39 is 22.8 Å². The number of hydrogen-bond acceptors (Lipinski definition) is 9. The number of esters is 2. The van der Waals surface area contributed by atoms with Gasteiger partial charge in [0.05, 0.1) is 29.8 Å². The van der Waals surface area contributed by atoms with Gasteiger partial charge < -0.3 is 19.7 Å². The highest BCUT2D eigenvalue weighted by Gasteiger charge is 2.29. The molecule has 4 rings (SSSR count). The Balaban J connectivity index is 1.58. The standard InChI is InChI=1S/C23H19N3O7S/c1-2-32-23(29)21-16(14-6-4-3-5-7-14)13-34-22(21)24-19(27)11-25-12-20(28)33-18-10-15(26(30)31)8-9-17(18)25/h3-10,13H,2,11-12H2,1H3,(H,24,27). The fourth-order valence-electron chi connectivity index (χ4n) is 3.52. The molecule has 0 saturated carbocycles. The van der Waals surface area contributed by atoms with Crippen LogP contribution in [-0.2, 0) is 14.3 Å². The maximum Gasteiger partial charge on any atom is 0.341 e. The van der Waals surface area contributed by atoms with E-state index in [9.17, 15) is 24.5 Å². The number of ether oxygens (including phenoxy) is 2. The molecule has 34 heavy (non-hydrogen) atoms. The van der Waals surface area contributed by atoms with Gasteiger partial charge in [0, 0.05) is 17.0 Å². The maximum absolute atomic E-state index is 12.9. The fraction of sp³-hybridized carbons (Fsp3) is 0.174. The number of benzene rings is 2. The number of carbonyl (C=O) groups excluding carboxylic acids is 3. The largest absolute Gasteiger partial charge is 0.462 e. The molecule has 0 saturated heterocycles. The number of rotatable bonds is 7. The van der Waals surface area contributed by atoms with Crippen molar-refractivity contribution in [3.05, 3.63) is 69.6 Å². The van der Waals surface area contributed by atoms with Crippen LogP contribution < -0.4 is 15.0 Å².